The summed E-state index contributed by atoms with van der Waals surface area (Å²) in [5.41, 5.74) is 1.04. The minimum Gasteiger partial charge on any atom is -0.426 e. The normalized spacial score (nSPS) is 10.4. The van der Waals surface area contributed by atoms with Crippen LogP contribution in [0.4, 0.5) is 4.39 Å². The molecule has 0 fully saturated rings. The number of carbonyl (C=O) groups excluding carboxylic acids is 2. The molecule has 0 aromatic heterocycles. The Kier molecular flexibility index (Phi) is 7.46. The highest BCUT2D eigenvalue weighted by Crippen LogP contribution is 2.20. The molecule has 4 nitrogen and oxygen atoms in total. The van der Waals surface area contributed by atoms with Crippen molar-refractivity contribution < 1.29 is 18.7 Å². The quantitative estimate of drug-likeness (QED) is 0.533. The predicted molar refractivity (Wildman–Crippen MR) is 100 cm³/mol. The highest BCUT2D eigenvalue weighted by Gasteiger charge is 2.09. The molecule has 25 heavy (non-hydrogen) atoms. The fourth-order valence-electron chi connectivity index (χ4n) is 1.98. The van der Waals surface area contributed by atoms with Gasteiger partial charge >= 0.3 is 5.97 Å². The lowest BCUT2D eigenvalue weighted by atomic mass is 10.2. The average Bonchev–Trinajstić information content (AvgIpc) is 2.57. The summed E-state index contributed by atoms with van der Waals surface area (Å²) in [5.74, 6) is -0.0526. The first-order valence-electron chi connectivity index (χ1n) is 7.60. The summed E-state index contributed by atoms with van der Waals surface area (Å²) < 4.78 is 19.6. The van der Waals surface area contributed by atoms with Crippen LogP contribution in [0.1, 0.15) is 22.8 Å². The van der Waals surface area contributed by atoms with Crippen LogP contribution in [0, 0.1) is 5.82 Å². The van der Waals surface area contributed by atoms with E-state index in [1.807, 2.05) is 6.92 Å². The molecule has 0 aliphatic carbocycles. The second-order valence-electron chi connectivity index (χ2n) is 5.09. The molecule has 0 heterocycles. The summed E-state index contributed by atoms with van der Waals surface area (Å²) >= 11 is 4.48. The second kappa shape index (κ2) is 9.58. The minimum atomic E-state index is -0.423. The lowest BCUT2D eigenvalue weighted by Crippen LogP contribution is -2.22. The third-order valence-electron chi connectivity index (χ3n) is 3.18. The maximum atomic E-state index is 13.7. The molecule has 0 bridgehead atoms. The van der Waals surface area contributed by atoms with Crippen molar-refractivity contribution in [2.45, 2.75) is 12.7 Å². The topological polar surface area (TPSA) is 55.4 Å². The summed E-state index contributed by atoms with van der Waals surface area (Å²) in [6.07, 6.45) is 0. The SMILES string of the molecule is CCNC(=O)c1ccc(OC(=O)CSCc2ccc(Br)cc2F)cc1. The Labute approximate surface area is 158 Å². The summed E-state index contributed by atoms with van der Waals surface area (Å²) in [7, 11) is 0. The van der Waals surface area contributed by atoms with Crippen molar-refractivity contribution in [3.63, 3.8) is 0 Å². The Bertz CT molecular complexity index is 752. The van der Waals surface area contributed by atoms with Gasteiger partial charge < -0.3 is 10.1 Å². The van der Waals surface area contributed by atoms with E-state index in [0.29, 0.717) is 33.6 Å². The van der Waals surface area contributed by atoms with Crippen LogP contribution in [-0.4, -0.2) is 24.2 Å². The molecule has 2 aromatic carbocycles. The molecule has 0 radical (unpaired) electrons. The van der Waals surface area contributed by atoms with E-state index in [9.17, 15) is 14.0 Å². The largest absolute Gasteiger partial charge is 0.426 e. The number of benzene rings is 2. The Hall–Kier alpha value is -1.86. The van der Waals surface area contributed by atoms with Gasteiger partial charge in [-0.1, -0.05) is 22.0 Å². The van der Waals surface area contributed by atoms with Crippen LogP contribution in [0.3, 0.4) is 0 Å². The number of carbonyl (C=O) groups is 2. The second-order valence-corrected chi connectivity index (χ2v) is 6.99. The Morgan fingerprint density at radius 1 is 1.20 bits per heavy atom. The maximum absolute atomic E-state index is 13.7. The third kappa shape index (κ3) is 6.17. The summed E-state index contributed by atoms with van der Waals surface area (Å²) in [6.45, 7) is 2.39. The van der Waals surface area contributed by atoms with E-state index in [0.717, 1.165) is 0 Å². The lowest BCUT2D eigenvalue weighted by Gasteiger charge is -2.06. The third-order valence-corrected chi connectivity index (χ3v) is 4.63. The molecule has 0 aliphatic heterocycles. The van der Waals surface area contributed by atoms with Gasteiger partial charge in [-0.25, -0.2) is 4.39 Å². The number of halogens is 2. The number of hydrogen-bond donors (Lipinski definition) is 1. The van der Waals surface area contributed by atoms with Crippen LogP contribution in [-0.2, 0) is 10.5 Å². The molecule has 2 rings (SSSR count). The molecule has 0 aliphatic rings. The monoisotopic (exact) mass is 425 g/mol. The Morgan fingerprint density at radius 3 is 2.56 bits per heavy atom. The van der Waals surface area contributed by atoms with Crippen LogP contribution >= 0.6 is 27.7 Å². The van der Waals surface area contributed by atoms with Crippen molar-refractivity contribution in [1.82, 2.24) is 5.32 Å². The van der Waals surface area contributed by atoms with Crippen LogP contribution in [0.5, 0.6) is 5.75 Å². The smallest absolute Gasteiger partial charge is 0.321 e. The van der Waals surface area contributed by atoms with Gasteiger partial charge in [0, 0.05) is 22.3 Å². The van der Waals surface area contributed by atoms with Crippen LogP contribution in [0.2, 0.25) is 0 Å². The highest BCUT2D eigenvalue weighted by atomic mass is 79.9. The van der Waals surface area contributed by atoms with Gasteiger partial charge in [-0.05, 0) is 48.9 Å². The van der Waals surface area contributed by atoms with E-state index < -0.39 is 5.97 Å². The molecule has 0 spiro atoms. The number of rotatable bonds is 7. The Balaban J connectivity index is 1.81. The molecule has 2 aromatic rings. The molecule has 132 valence electrons. The first kappa shape index (κ1) is 19.5. The van der Waals surface area contributed by atoms with Gasteiger partial charge in [-0.15, -0.1) is 11.8 Å². The fraction of sp³-hybridized carbons (Fsp3) is 0.222. The molecule has 0 unspecified atom stereocenters. The van der Waals surface area contributed by atoms with E-state index in [-0.39, 0.29) is 17.5 Å². The van der Waals surface area contributed by atoms with Crippen molar-refractivity contribution in [1.29, 1.82) is 0 Å². The molecule has 1 N–H and O–H groups in total. The molecule has 7 heteroatoms. The summed E-state index contributed by atoms with van der Waals surface area (Å²) in [5, 5.41) is 2.69. The van der Waals surface area contributed by atoms with Gasteiger partial charge in [0.05, 0.1) is 5.75 Å². The van der Waals surface area contributed by atoms with Gasteiger partial charge in [-0.2, -0.15) is 0 Å². The molecule has 1 amide bonds. The van der Waals surface area contributed by atoms with Crippen molar-refractivity contribution >= 4 is 39.6 Å². The number of esters is 1. The van der Waals surface area contributed by atoms with Gasteiger partial charge in [0.2, 0.25) is 0 Å². The molecular formula is C18H17BrFNO3S. The van der Waals surface area contributed by atoms with Crippen LogP contribution in [0.15, 0.2) is 46.9 Å². The van der Waals surface area contributed by atoms with Gasteiger partial charge in [0.1, 0.15) is 11.6 Å². The number of amides is 1. The van der Waals surface area contributed by atoms with E-state index >= 15 is 0 Å². The molecular weight excluding hydrogens is 409 g/mol. The zero-order chi connectivity index (χ0) is 18.2. The fourth-order valence-corrected chi connectivity index (χ4v) is 3.10. The van der Waals surface area contributed by atoms with Crippen molar-refractivity contribution in [2.75, 3.05) is 12.3 Å². The first-order chi connectivity index (χ1) is 12.0. The average molecular weight is 426 g/mol. The minimum absolute atomic E-state index is 0.105. The summed E-state index contributed by atoms with van der Waals surface area (Å²) in [6, 6.07) is 11.2. The number of ether oxygens (including phenoxy) is 1. The van der Waals surface area contributed by atoms with E-state index in [1.165, 1.54) is 17.8 Å². The zero-order valence-electron chi connectivity index (χ0n) is 13.6. The lowest BCUT2D eigenvalue weighted by molar-refractivity contribution is -0.131. The summed E-state index contributed by atoms with van der Waals surface area (Å²) in [4.78, 5) is 23.5. The standard InChI is InChI=1S/C18H17BrFNO3S/c1-2-21-18(23)12-4-7-15(8-5-12)24-17(22)11-25-10-13-3-6-14(19)9-16(13)20/h3-9H,2,10-11H2,1H3,(H,21,23). The highest BCUT2D eigenvalue weighted by molar-refractivity contribution is 9.10. The predicted octanol–water partition coefficient (Wildman–Crippen LogP) is 4.18. The van der Waals surface area contributed by atoms with Crippen LogP contribution < -0.4 is 10.1 Å². The number of thioether (sulfide) groups is 1. The van der Waals surface area contributed by atoms with Gasteiger partial charge in [-0.3, -0.25) is 9.59 Å². The Morgan fingerprint density at radius 2 is 1.92 bits per heavy atom. The van der Waals surface area contributed by atoms with Crippen molar-refractivity contribution in [3.05, 3.63) is 63.9 Å². The number of nitrogens with one attached hydrogen (secondary N) is 1. The van der Waals surface area contributed by atoms with E-state index in [1.54, 1.807) is 36.4 Å². The first-order valence-corrected chi connectivity index (χ1v) is 9.55. The van der Waals surface area contributed by atoms with Gasteiger partial charge in [0.25, 0.3) is 5.91 Å². The van der Waals surface area contributed by atoms with Crippen molar-refractivity contribution in [2.24, 2.45) is 0 Å². The van der Waals surface area contributed by atoms with Crippen molar-refractivity contribution in [3.8, 4) is 5.75 Å². The maximum Gasteiger partial charge on any atom is 0.321 e. The molecule has 0 saturated heterocycles. The zero-order valence-corrected chi connectivity index (χ0v) is 16.0. The molecule has 0 atom stereocenters. The van der Waals surface area contributed by atoms with E-state index in [2.05, 4.69) is 21.2 Å². The molecule has 0 saturated carbocycles. The van der Waals surface area contributed by atoms with Gasteiger partial charge in [0.15, 0.2) is 0 Å². The number of hydrogen-bond acceptors (Lipinski definition) is 4. The van der Waals surface area contributed by atoms with Crippen LogP contribution in [0.25, 0.3) is 0 Å². The van der Waals surface area contributed by atoms with E-state index in [4.69, 9.17) is 4.74 Å².